The average molecular weight is 425 g/mol. The van der Waals surface area contributed by atoms with Crippen LogP contribution in [0.5, 0.6) is 0 Å². The van der Waals surface area contributed by atoms with Crippen LogP contribution < -0.4 is 10.2 Å². The second-order valence-electron chi connectivity index (χ2n) is 9.13. The van der Waals surface area contributed by atoms with Crippen LogP contribution in [0.4, 0.5) is 15.9 Å². The minimum absolute atomic E-state index is 0.0272. The molecule has 3 heterocycles. The van der Waals surface area contributed by atoms with Crippen molar-refractivity contribution >= 4 is 33.1 Å². The molecule has 2 aromatic carbocycles. The molecule has 4 nitrogen and oxygen atoms in total. The van der Waals surface area contributed by atoms with Crippen LogP contribution in [-0.2, 0) is 11.8 Å². The Morgan fingerprint density at radius 3 is 2.77 bits per heavy atom. The van der Waals surface area contributed by atoms with Gasteiger partial charge in [-0.05, 0) is 65.2 Å². The predicted molar refractivity (Wildman–Crippen MR) is 125 cm³/mol. The molecule has 5 rings (SSSR count). The summed E-state index contributed by atoms with van der Waals surface area (Å²) in [6.45, 7) is 10.4. The van der Waals surface area contributed by atoms with Gasteiger partial charge >= 0.3 is 0 Å². The van der Waals surface area contributed by atoms with Gasteiger partial charge in [-0.1, -0.05) is 26.0 Å². The van der Waals surface area contributed by atoms with Gasteiger partial charge in [0.2, 0.25) is 0 Å². The summed E-state index contributed by atoms with van der Waals surface area (Å²) in [5, 5.41) is 4.80. The van der Waals surface area contributed by atoms with E-state index in [1.165, 1.54) is 15.8 Å². The Morgan fingerprint density at radius 1 is 1.13 bits per heavy atom. The lowest BCUT2D eigenvalue weighted by molar-refractivity contribution is 0.260. The van der Waals surface area contributed by atoms with E-state index in [4.69, 9.17) is 4.37 Å². The van der Waals surface area contributed by atoms with Crippen molar-refractivity contribution in [2.45, 2.75) is 32.1 Å². The van der Waals surface area contributed by atoms with Gasteiger partial charge in [0, 0.05) is 50.3 Å². The fraction of sp³-hybridized carbons (Fsp3) is 0.458. The predicted octanol–water partition coefficient (Wildman–Crippen LogP) is 4.89. The van der Waals surface area contributed by atoms with Gasteiger partial charge in [-0.2, -0.15) is 4.37 Å². The third kappa shape index (κ3) is 3.67. The Morgan fingerprint density at radius 2 is 1.93 bits per heavy atom. The lowest BCUT2D eigenvalue weighted by Gasteiger charge is -2.36. The van der Waals surface area contributed by atoms with Crippen LogP contribution in [0.15, 0.2) is 36.4 Å². The molecule has 1 aromatic heterocycles. The summed E-state index contributed by atoms with van der Waals surface area (Å²) in [6, 6.07) is 11.9. The van der Waals surface area contributed by atoms with E-state index in [1.54, 1.807) is 23.7 Å². The normalized spacial score (nSPS) is 19.0. The molecule has 0 amide bonds. The minimum atomic E-state index is -0.110. The van der Waals surface area contributed by atoms with E-state index in [2.05, 4.69) is 53.2 Å². The zero-order valence-electron chi connectivity index (χ0n) is 17.7. The van der Waals surface area contributed by atoms with Gasteiger partial charge in [-0.15, -0.1) is 0 Å². The van der Waals surface area contributed by atoms with E-state index < -0.39 is 0 Å². The highest BCUT2D eigenvalue weighted by Gasteiger charge is 2.30. The number of nitrogens with one attached hydrogen (secondary N) is 1. The maximum atomic E-state index is 14.3. The Balaban J connectivity index is 1.24. The molecule has 0 spiro atoms. The molecular weight excluding hydrogens is 395 g/mol. The highest BCUT2D eigenvalue weighted by Crippen LogP contribution is 2.39. The van der Waals surface area contributed by atoms with E-state index in [-0.39, 0.29) is 11.2 Å². The van der Waals surface area contributed by atoms with Crippen molar-refractivity contribution in [3.8, 4) is 0 Å². The SMILES string of the molecule is CC1(C)CCNc2c(CCN3CCN(c4nsc5ccccc45)CC3)cc(F)cc21. The smallest absolute Gasteiger partial charge is 0.150 e. The summed E-state index contributed by atoms with van der Waals surface area (Å²) >= 11 is 1.58. The first-order valence-corrected chi connectivity index (χ1v) is 11.7. The van der Waals surface area contributed by atoms with Crippen molar-refractivity contribution in [3.63, 3.8) is 0 Å². The van der Waals surface area contributed by atoms with Crippen molar-refractivity contribution in [2.75, 3.05) is 49.5 Å². The average Bonchev–Trinajstić information content (AvgIpc) is 3.17. The molecule has 2 aliphatic heterocycles. The zero-order chi connectivity index (χ0) is 20.7. The van der Waals surface area contributed by atoms with E-state index in [0.29, 0.717) is 0 Å². The monoisotopic (exact) mass is 424 g/mol. The van der Waals surface area contributed by atoms with Gasteiger partial charge in [-0.25, -0.2) is 4.39 Å². The van der Waals surface area contributed by atoms with Crippen LogP contribution in [0.25, 0.3) is 10.1 Å². The third-order valence-electron chi connectivity index (χ3n) is 6.69. The number of hydrogen-bond donors (Lipinski definition) is 1. The van der Waals surface area contributed by atoms with Gasteiger partial charge in [0.1, 0.15) is 11.6 Å². The molecule has 158 valence electrons. The maximum Gasteiger partial charge on any atom is 0.150 e. The molecule has 0 saturated carbocycles. The molecule has 0 unspecified atom stereocenters. The number of halogens is 1. The first-order chi connectivity index (χ1) is 14.5. The number of rotatable bonds is 4. The maximum absolute atomic E-state index is 14.3. The molecule has 1 fully saturated rings. The first-order valence-electron chi connectivity index (χ1n) is 10.9. The van der Waals surface area contributed by atoms with Crippen molar-refractivity contribution in [1.82, 2.24) is 9.27 Å². The molecule has 1 saturated heterocycles. The van der Waals surface area contributed by atoms with Gasteiger partial charge in [0.05, 0.1) is 4.70 Å². The fourth-order valence-electron chi connectivity index (χ4n) is 4.80. The fourth-order valence-corrected chi connectivity index (χ4v) is 5.60. The van der Waals surface area contributed by atoms with Crippen LogP contribution in [0.1, 0.15) is 31.4 Å². The van der Waals surface area contributed by atoms with Crippen molar-refractivity contribution in [3.05, 3.63) is 53.3 Å². The van der Waals surface area contributed by atoms with Crippen molar-refractivity contribution in [2.24, 2.45) is 0 Å². The van der Waals surface area contributed by atoms with Crippen LogP contribution in [0.2, 0.25) is 0 Å². The molecule has 30 heavy (non-hydrogen) atoms. The molecule has 3 aromatic rings. The number of anilines is 2. The van der Waals surface area contributed by atoms with E-state index in [9.17, 15) is 4.39 Å². The number of piperazine rings is 1. The summed E-state index contributed by atoms with van der Waals surface area (Å²) < 4.78 is 20.3. The van der Waals surface area contributed by atoms with E-state index in [0.717, 1.165) is 69.1 Å². The largest absolute Gasteiger partial charge is 0.385 e. The van der Waals surface area contributed by atoms with Gasteiger partial charge < -0.3 is 10.2 Å². The summed E-state index contributed by atoms with van der Waals surface area (Å²) in [4.78, 5) is 4.90. The Labute approximate surface area is 181 Å². The number of benzene rings is 2. The minimum Gasteiger partial charge on any atom is -0.385 e. The van der Waals surface area contributed by atoms with Gasteiger partial charge in [0.25, 0.3) is 0 Å². The quantitative estimate of drug-likeness (QED) is 0.646. The Kier molecular flexibility index (Phi) is 5.15. The third-order valence-corrected chi connectivity index (χ3v) is 7.51. The molecule has 0 aliphatic carbocycles. The molecule has 2 aliphatic rings. The number of nitrogens with zero attached hydrogens (tertiary/aromatic N) is 3. The summed E-state index contributed by atoms with van der Waals surface area (Å²) in [5.41, 5.74) is 3.44. The molecule has 0 bridgehead atoms. The zero-order valence-corrected chi connectivity index (χ0v) is 18.6. The lowest BCUT2D eigenvalue weighted by atomic mass is 9.77. The van der Waals surface area contributed by atoms with Crippen LogP contribution >= 0.6 is 11.5 Å². The standard InChI is InChI=1S/C24H29FN4S/c1-24(2)8-9-26-22-17(15-18(25)16-20(22)24)7-10-28-11-13-29(14-12-28)23-19-5-3-4-6-21(19)30-27-23/h3-6,15-16,26H,7-14H2,1-2H3. The molecule has 6 heteroatoms. The van der Waals surface area contributed by atoms with Crippen LogP contribution in [0.3, 0.4) is 0 Å². The number of aromatic nitrogens is 1. The first kappa shape index (κ1) is 19.8. The second-order valence-corrected chi connectivity index (χ2v) is 9.93. The summed E-state index contributed by atoms with van der Waals surface area (Å²) in [5.74, 6) is 1.02. The van der Waals surface area contributed by atoms with E-state index in [1.807, 2.05) is 0 Å². The number of fused-ring (bicyclic) bond motifs is 2. The van der Waals surface area contributed by atoms with Crippen LogP contribution in [-0.4, -0.2) is 48.5 Å². The molecular formula is C24H29FN4S. The highest BCUT2D eigenvalue weighted by atomic mass is 32.1. The van der Waals surface area contributed by atoms with Crippen molar-refractivity contribution < 1.29 is 4.39 Å². The topological polar surface area (TPSA) is 31.4 Å². The summed E-state index contributed by atoms with van der Waals surface area (Å²) in [7, 11) is 0. The molecule has 0 atom stereocenters. The molecule has 1 N–H and O–H groups in total. The van der Waals surface area contributed by atoms with E-state index >= 15 is 0 Å². The van der Waals surface area contributed by atoms with Crippen LogP contribution in [0, 0.1) is 5.82 Å². The van der Waals surface area contributed by atoms with Crippen molar-refractivity contribution in [1.29, 1.82) is 0 Å². The van der Waals surface area contributed by atoms with Gasteiger partial charge in [-0.3, -0.25) is 4.90 Å². The Bertz CT molecular complexity index is 1050. The Hall–Kier alpha value is -2.18. The lowest BCUT2D eigenvalue weighted by Crippen LogP contribution is -2.47. The summed E-state index contributed by atoms with van der Waals surface area (Å²) in [6.07, 6.45) is 1.92. The number of hydrogen-bond acceptors (Lipinski definition) is 5. The van der Waals surface area contributed by atoms with Gasteiger partial charge in [0.15, 0.2) is 0 Å². The molecule has 0 radical (unpaired) electrons. The second kappa shape index (κ2) is 7.82. The highest BCUT2D eigenvalue weighted by molar-refractivity contribution is 7.13.